The van der Waals surface area contributed by atoms with E-state index in [-0.39, 0.29) is 0 Å². The van der Waals surface area contributed by atoms with Crippen LogP contribution < -0.4 is 5.73 Å². The van der Waals surface area contributed by atoms with Crippen LogP contribution in [0.4, 0.5) is 0 Å². The molecule has 2 rings (SSSR count). The van der Waals surface area contributed by atoms with Gasteiger partial charge in [-0.3, -0.25) is 0 Å². The van der Waals surface area contributed by atoms with Crippen molar-refractivity contribution in [3.63, 3.8) is 0 Å². The summed E-state index contributed by atoms with van der Waals surface area (Å²) in [6.07, 6.45) is 7.45. The zero-order valence-electron chi connectivity index (χ0n) is 5.64. The van der Waals surface area contributed by atoms with Crippen LogP contribution in [-0.2, 0) is 0 Å². The summed E-state index contributed by atoms with van der Waals surface area (Å²) in [6.45, 7) is 0. The molecule has 0 spiro atoms. The van der Waals surface area contributed by atoms with Gasteiger partial charge in [0.25, 0.3) is 0 Å². The van der Waals surface area contributed by atoms with Gasteiger partial charge < -0.3 is 5.73 Å². The Morgan fingerprint density at radius 3 is 2.67 bits per heavy atom. The zero-order valence-corrected chi connectivity index (χ0v) is 5.64. The maximum atomic E-state index is 5.46. The van der Waals surface area contributed by atoms with Crippen LogP contribution in [0.25, 0.3) is 0 Å². The lowest BCUT2D eigenvalue weighted by molar-refractivity contribution is 0.560. The molecular weight excluding hydrogens is 110 g/mol. The predicted octanol–water partition coefficient (Wildman–Crippen LogP) is 1.65. The molecule has 0 aromatic rings. The van der Waals surface area contributed by atoms with Crippen molar-refractivity contribution in [1.29, 1.82) is 0 Å². The summed E-state index contributed by atoms with van der Waals surface area (Å²) in [5, 5.41) is 0. The molecule has 2 bridgehead atoms. The lowest BCUT2D eigenvalue weighted by Gasteiger charge is -2.10. The fraction of sp³-hybridized carbons (Fsp3) is 0.750. The van der Waals surface area contributed by atoms with Crippen LogP contribution in [0.3, 0.4) is 0 Å². The number of hydrogen-bond donors (Lipinski definition) is 1. The molecule has 2 N–H and O–H groups in total. The SMILES string of the molecule is N/C=C1\CC2CCC1C2. The third kappa shape index (κ3) is 0.673. The minimum absolute atomic E-state index is 0.889. The summed E-state index contributed by atoms with van der Waals surface area (Å²) in [7, 11) is 0. The molecule has 0 radical (unpaired) electrons. The fourth-order valence-corrected chi connectivity index (χ4v) is 2.30. The van der Waals surface area contributed by atoms with Crippen molar-refractivity contribution in [1.82, 2.24) is 0 Å². The summed E-state index contributed by atoms with van der Waals surface area (Å²) >= 11 is 0. The Balaban J connectivity index is 2.18. The highest BCUT2D eigenvalue weighted by Gasteiger charge is 2.34. The lowest BCUT2D eigenvalue weighted by atomic mass is 9.96. The molecule has 9 heavy (non-hydrogen) atoms. The van der Waals surface area contributed by atoms with E-state index in [9.17, 15) is 0 Å². The Morgan fingerprint density at radius 1 is 1.44 bits per heavy atom. The molecule has 0 amide bonds. The molecule has 1 heteroatoms. The van der Waals surface area contributed by atoms with Crippen molar-refractivity contribution in [2.45, 2.75) is 25.7 Å². The first kappa shape index (κ1) is 5.33. The molecule has 0 aliphatic heterocycles. The van der Waals surface area contributed by atoms with Crippen molar-refractivity contribution in [2.75, 3.05) is 0 Å². The van der Waals surface area contributed by atoms with Gasteiger partial charge in [-0.2, -0.15) is 0 Å². The highest BCUT2D eigenvalue weighted by atomic mass is 14.5. The van der Waals surface area contributed by atoms with E-state index in [1.54, 1.807) is 0 Å². The maximum absolute atomic E-state index is 5.46. The van der Waals surface area contributed by atoms with Crippen molar-refractivity contribution in [3.05, 3.63) is 11.8 Å². The molecule has 2 aliphatic rings. The monoisotopic (exact) mass is 123 g/mol. The Hall–Kier alpha value is -0.460. The van der Waals surface area contributed by atoms with Gasteiger partial charge in [0.05, 0.1) is 0 Å². The molecule has 50 valence electrons. The minimum atomic E-state index is 0.889. The molecule has 1 nitrogen and oxygen atoms in total. The van der Waals surface area contributed by atoms with Gasteiger partial charge in [0.2, 0.25) is 0 Å². The average molecular weight is 123 g/mol. The van der Waals surface area contributed by atoms with E-state index in [1.165, 1.54) is 31.3 Å². The number of rotatable bonds is 0. The first-order valence-corrected chi connectivity index (χ1v) is 3.81. The molecule has 2 fully saturated rings. The van der Waals surface area contributed by atoms with Crippen molar-refractivity contribution >= 4 is 0 Å². The van der Waals surface area contributed by atoms with Gasteiger partial charge in [-0.05, 0) is 43.7 Å². The van der Waals surface area contributed by atoms with E-state index in [1.807, 2.05) is 6.20 Å². The molecule has 2 unspecified atom stereocenters. The zero-order chi connectivity index (χ0) is 6.27. The largest absolute Gasteiger partial charge is 0.405 e. The van der Waals surface area contributed by atoms with E-state index >= 15 is 0 Å². The molecule has 0 aromatic heterocycles. The number of allylic oxidation sites excluding steroid dienone is 1. The van der Waals surface area contributed by atoms with Gasteiger partial charge in [-0.1, -0.05) is 5.57 Å². The molecule has 0 heterocycles. The van der Waals surface area contributed by atoms with Crippen LogP contribution >= 0.6 is 0 Å². The van der Waals surface area contributed by atoms with Crippen LogP contribution in [0.5, 0.6) is 0 Å². The van der Waals surface area contributed by atoms with E-state index < -0.39 is 0 Å². The van der Waals surface area contributed by atoms with Gasteiger partial charge in [-0.25, -0.2) is 0 Å². The molecule has 0 saturated heterocycles. The Kier molecular flexibility index (Phi) is 1.04. The van der Waals surface area contributed by atoms with Crippen LogP contribution in [0, 0.1) is 11.8 Å². The second-order valence-corrected chi connectivity index (χ2v) is 3.32. The Bertz CT molecular complexity index is 149. The van der Waals surface area contributed by atoms with E-state index in [2.05, 4.69) is 0 Å². The standard InChI is InChI=1S/C8H13N/c9-5-8-4-6-1-2-7(8)3-6/h5-7H,1-4,9H2/b8-5+. The average Bonchev–Trinajstić information content (AvgIpc) is 2.45. The summed E-state index contributed by atoms with van der Waals surface area (Å²) in [5.41, 5.74) is 6.99. The Morgan fingerprint density at radius 2 is 2.33 bits per heavy atom. The quantitative estimate of drug-likeness (QED) is 0.520. The second kappa shape index (κ2) is 1.76. The number of nitrogens with two attached hydrogens (primary N) is 1. The summed E-state index contributed by atoms with van der Waals surface area (Å²) in [5.74, 6) is 1.89. The van der Waals surface area contributed by atoms with Gasteiger partial charge in [0.15, 0.2) is 0 Å². The smallest absolute Gasteiger partial charge is 0.00675 e. The van der Waals surface area contributed by atoms with Gasteiger partial charge in [-0.15, -0.1) is 0 Å². The normalized spacial score (nSPS) is 44.7. The van der Waals surface area contributed by atoms with Crippen LogP contribution in [0.1, 0.15) is 25.7 Å². The highest BCUT2D eigenvalue weighted by Crippen LogP contribution is 2.47. The van der Waals surface area contributed by atoms with Crippen molar-refractivity contribution in [2.24, 2.45) is 17.6 Å². The second-order valence-electron chi connectivity index (χ2n) is 3.32. The molecule has 2 atom stereocenters. The van der Waals surface area contributed by atoms with E-state index in [0.29, 0.717) is 0 Å². The number of hydrogen-bond acceptors (Lipinski definition) is 1. The first-order chi connectivity index (χ1) is 4.40. The summed E-state index contributed by atoms with van der Waals surface area (Å²) < 4.78 is 0. The van der Waals surface area contributed by atoms with Gasteiger partial charge in [0.1, 0.15) is 0 Å². The van der Waals surface area contributed by atoms with Crippen molar-refractivity contribution < 1.29 is 0 Å². The van der Waals surface area contributed by atoms with Crippen LogP contribution in [0.2, 0.25) is 0 Å². The molecule has 0 aromatic carbocycles. The summed E-state index contributed by atoms with van der Waals surface area (Å²) in [6, 6.07) is 0. The minimum Gasteiger partial charge on any atom is -0.405 e. The van der Waals surface area contributed by atoms with Crippen LogP contribution in [-0.4, -0.2) is 0 Å². The topological polar surface area (TPSA) is 26.0 Å². The number of fused-ring (bicyclic) bond motifs is 2. The van der Waals surface area contributed by atoms with Gasteiger partial charge >= 0.3 is 0 Å². The predicted molar refractivity (Wildman–Crippen MR) is 37.7 cm³/mol. The molecule has 2 saturated carbocycles. The lowest BCUT2D eigenvalue weighted by Crippen LogP contribution is -1.99. The third-order valence-corrected chi connectivity index (χ3v) is 2.80. The van der Waals surface area contributed by atoms with E-state index in [0.717, 1.165) is 11.8 Å². The van der Waals surface area contributed by atoms with E-state index in [4.69, 9.17) is 5.73 Å². The molecule has 2 aliphatic carbocycles. The van der Waals surface area contributed by atoms with Crippen LogP contribution in [0.15, 0.2) is 11.8 Å². The van der Waals surface area contributed by atoms with Gasteiger partial charge in [0, 0.05) is 0 Å². The highest BCUT2D eigenvalue weighted by molar-refractivity contribution is 5.15. The third-order valence-electron chi connectivity index (χ3n) is 2.80. The van der Waals surface area contributed by atoms with Crippen molar-refractivity contribution in [3.8, 4) is 0 Å². The maximum Gasteiger partial charge on any atom is -0.00675 e. The fourth-order valence-electron chi connectivity index (χ4n) is 2.30. The summed E-state index contributed by atoms with van der Waals surface area (Å²) in [4.78, 5) is 0. The molecular formula is C8H13N. The Labute approximate surface area is 55.9 Å². The first-order valence-electron chi connectivity index (χ1n) is 3.81.